The number of halogens is 2. The molecule has 21 heavy (non-hydrogen) atoms. The van der Waals surface area contributed by atoms with Crippen LogP contribution in [0.4, 0.5) is 8.78 Å². The van der Waals surface area contributed by atoms with Crippen LogP contribution in [0.15, 0.2) is 36.4 Å². The molecule has 0 saturated heterocycles. The zero-order chi connectivity index (χ0) is 15.4. The van der Waals surface area contributed by atoms with Gasteiger partial charge < -0.3 is 10.5 Å². The molecule has 0 radical (unpaired) electrons. The Bertz CT molecular complexity index is 628. The average molecular weight is 291 g/mol. The highest BCUT2D eigenvalue weighted by molar-refractivity contribution is 5.38. The van der Waals surface area contributed by atoms with Crippen LogP contribution in [0.3, 0.4) is 0 Å². The highest BCUT2D eigenvalue weighted by Gasteiger charge is 2.09. The molecule has 1 unspecified atom stereocenters. The standard InChI is InChI=1S/C17H19F2NO/c1-3-14(20)9-12-4-6-15(8-11(12)2)21-17-10-13(18)5-7-16(17)19/h4-8,10,14H,3,9,20H2,1-2H3. The van der Waals surface area contributed by atoms with Crippen LogP contribution in [-0.2, 0) is 6.42 Å². The molecule has 0 aliphatic heterocycles. The summed E-state index contributed by atoms with van der Waals surface area (Å²) in [6, 6.07) is 8.73. The second-order valence-electron chi connectivity index (χ2n) is 5.14. The number of nitrogens with two attached hydrogens (primary N) is 1. The fourth-order valence-corrected chi connectivity index (χ4v) is 2.07. The summed E-state index contributed by atoms with van der Waals surface area (Å²) in [4.78, 5) is 0. The van der Waals surface area contributed by atoms with Gasteiger partial charge in [0, 0.05) is 12.1 Å². The molecule has 112 valence electrons. The Morgan fingerprint density at radius 2 is 1.90 bits per heavy atom. The number of rotatable bonds is 5. The summed E-state index contributed by atoms with van der Waals surface area (Å²) in [6.07, 6.45) is 1.70. The normalized spacial score (nSPS) is 12.2. The molecule has 2 aromatic carbocycles. The molecule has 0 bridgehead atoms. The van der Waals surface area contributed by atoms with Crippen molar-refractivity contribution in [3.05, 3.63) is 59.2 Å². The van der Waals surface area contributed by atoms with Gasteiger partial charge in [-0.3, -0.25) is 0 Å². The minimum Gasteiger partial charge on any atom is -0.454 e. The number of benzene rings is 2. The van der Waals surface area contributed by atoms with Crippen molar-refractivity contribution in [2.45, 2.75) is 32.7 Å². The first kappa shape index (κ1) is 15.4. The van der Waals surface area contributed by atoms with Crippen LogP contribution in [0.5, 0.6) is 11.5 Å². The van der Waals surface area contributed by atoms with E-state index in [-0.39, 0.29) is 11.8 Å². The van der Waals surface area contributed by atoms with Gasteiger partial charge in [0.15, 0.2) is 11.6 Å². The maximum Gasteiger partial charge on any atom is 0.165 e. The fraction of sp³-hybridized carbons (Fsp3) is 0.294. The number of ether oxygens (including phenoxy) is 1. The SMILES string of the molecule is CCC(N)Cc1ccc(Oc2cc(F)ccc2F)cc1C. The molecule has 0 heterocycles. The summed E-state index contributed by atoms with van der Waals surface area (Å²) in [6.45, 7) is 4.00. The van der Waals surface area contributed by atoms with Crippen LogP contribution in [0.1, 0.15) is 24.5 Å². The van der Waals surface area contributed by atoms with E-state index >= 15 is 0 Å². The van der Waals surface area contributed by atoms with E-state index in [1.54, 1.807) is 6.07 Å². The van der Waals surface area contributed by atoms with E-state index in [2.05, 4.69) is 0 Å². The van der Waals surface area contributed by atoms with Gasteiger partial charge in [-0.25, -0.2) is 8.78 Å². The summed E-state index contributed by atoms with van der Waals surface area (Å²) in [5.41, 5.74) is 8.11. The van der Waals surface area contributed by atoms with Crippen molar-refractivity contribution >= 4 is 0 Å². The first-order valence-corrected chi connectivity index (χ1v) is 6.97. The Morgan fingerprint density at radius 1 is 1.14 bits per heavy atom. The van der Waals surface area contributed by atoms with Crippen LogP contribution in [0, 0.1) is 18.6 Å². The first-order chi connectivity index (χ1) is 9.99. The second kappa shape index (κ2) is 6.68. The molecule has 0 saturated carbocycles. The van der Waals surface area contributed by atoms with Crippen LogP contribution in [0.25, 0.3) is 0 Å². The largest absolute Gasteiger partial charge is 0.454 e. The van der Waals surface area contributed by atoms with E-state index in [0.29, 0.717) is 5.75 Å². The maximum absolute atomic E-state index is 13.5. The lowest BCUT2D eigenvalue weighted by atomic mass is 10.00. The molecule has 2 aromatic rings. The molecule has 4 heteroatoms. The molecule has 0 fully saturated rings. The van der Waals surface area contributed by atoms with Crippen LogP contribution in [0.2, 0.25) is 0 Å². The van der Waals surface area contributed by atoms with Crippen molar-refractivity contribution in [1.82, 2.24) is 0 Å². The Labute approximate surface area is 123 Å². The summed E-state index contributed by atoms with van der Waals surface area (Å²) in [5.74, 6) is -0.766. The zero-order valence-corrected chi connectivity index (χ0v) is 12.2. The summed E-state index contributed by atoms with van der Waals surface area (Å²) >= 11 is 0. The smallest absolute Gasteiger partial charge is 0.165 e. The highest BCUT2D eigenvalue weighted by atomic mass is 19.1. The van der Waals surface area contributed by atoms with Gasteiger partial charge in [0.2, 0.25) is 0 Å². The van der Waals surface area contributed by atoms with E-state index in [4.69, 9.17) is 10.5 Å². The van der Waals surface area contributed by atoms with Crippen molar-refractivity contribution in [3.8, 4) is 11.5 Å². The average Bonchev–Trinajstić information content (AvgIpc) is 2.45. The molecule has 1 atom stereocenters. The molecule has 2 nitrogen and oxygen atoms in total. The topological polar surface area (TPSA) is 35.2 Å². The third-order valence-corrected chi connectivity index (χ3v) is 3.44. The third kappa shape index (κ3) is 4.02. The summed E-state index contributed by atoms with van der Waals surface area (Å²) in [5, 5.41) is 0. The van der Waals surface area contributed by atoms with Gasteiger partial charge in [0.05, 0.1) is 0 Å². The number of hydrogen-bond donors (Lipinski definition) is 1. The Morgan fingerprint density at radius 3 is 2.57 bits per heavy atom. The Balaban J connectivity index is 2.18. The highest BCUT2D eigenvalue weighted by Crippen LogP contribution is 2.27. The predicted molar refractivity (Wildman–Crippen MR) is 79.6 cm³/mol. The lowest BCUT2D eigenvalue weighted by molar-refractivity contribution is 0.436. The van der Waals surface area contributed by atoms with Gasteiger partial charge in [-0.2, -0.15) is 0 Å². The van der Waals surface area contributed by atoms with Gasteiger partial charge in [-0.05, 0) is 55.2 Å². The molecule has 0 aliphatic rings. The van der Waals surface area contributed by atoms with E-state index in [0.717, 1.165) is 42.2 Å². The van der Waals surface area contributed by atoms with Crippen molar-refractivity contribution in [3.63, 3.8) is 0 Å². The number of hydrogen-bond acceptors (Lipinski definition) is 2. The molecule has 2 N–H and O–H groups in total. The second-order valence-corrected chi connectivity index (χ2v) is 5.14. The van der Waals surface area contributed by atoms with E-state index in [1.807, 2.05) is 26.0 Å². The summed E-state index contributed by atoms with van der Waals surface area (Å²) < 4.78 is 32.1. The Kier molecular flexibility index (Phi) is 4.91. The van der Waals surface area contributed by atoms with Crippen molar-refractivity contribution in [1.29, 1.82) is 0 Å². The minimum atomic E-state index is -0.592. The van der Waals surface area contributed by atoms with Crippen molar-refractivity contribution in [2.24, 2.45) is 5.73 Å². The quantitative estimate of drug-likeness (QED) is 0.889. The predicted octanol–water partition coefficient (Wildman–Crippen LogP) is 4.35. The molecule has 0 amide bonds. The lowest BCUT2D eigenvalue weighted by Crippen LogP contribution is -2.21. The molecule has 0 aliphatic carbocycles. The summed E-state index contributed by atoms with van der Waals surface area (Å²) in [7, 11) is 0. The zero-order valence-electron chi connectivity index (χ0n) is 12.2. The van der Waals surface area contributed by atoms with Gasteiger partial charge in [-0.1, -0.05) is 13.0 Å². The van der Waals surface area contributed by atoms with Gasteiger partial charge in [-0.15, -0.1) is 0 Å². The van der Waals surface area contributed by atoms with Gasteiger partial charge >= 0.3 is 0 Å². The van der Waals surface area contributed by atoms with Crippen LogP contribution in [-0.4, -0.2) is 6.04 Å². The first-order valence-electron chi connectivity index (χ1n) is 6.97. The molecular formula is C17H19F2NO. The molecular weight excluding hydrogens is 272 g/mol. The van der Waals surface area contributed by atoms with Crippen LogP contribution >= 0.6 is 0 Å². The van der Waals surface area contributed by atoms with Crippen molar-refractivity contribution < 1.29 is 13.5 Å². The lowest BCUT2D eigenvalue weighted by Gasteiger charge is -2.13. The monoisotopic (exact) mass is 291 g/mol. The van der Waals surface area contributed by atoms with Gasteiger partial charge in [0.1, 0.15) is 11.6 Å². The molecule has 2 rings (SSSR count). The van der Waals surface area contributed by atoms with Crippen LogP contribution < -0.4 is 10.5 Å². The van der Waals surface area contributed by atoms with E-state index < -0.39 is 11.6 Å². The van der Waals surface area contributed by atoms with E-state index in [1.165, 1.54) is 0 Å². The third-order valence-electron chi connectivity index (χ3n) is 3.44. The minimum absolute atomic E-state index is 0.118. The molecule has 0 spiro atoms. The Hall–Kier alpha value is -1.94. The maximum atomic E-state index is 13.5. The molecule has 0 aromatic heterocycles. The van der Waals surface area contributed by atoms with E-state index in [9.17, 15) is 8.78 Å². The van der Waals surface area contributed by atoms with Gasteiger partial charge in [0.25, 0.3) is 0 Å². The van der Waals surface area contributed by atoms with Crippen molar-refractivity contribution in [2.75, 3.05) is 0 Å². The fourth-order valence-electron chi connectivity index (χ4n) is 2.07. The number of aryl methyl sites for hydroxylation is 1.